The third-order valence-electron chi connectivity index (χ3n) is 3.87. The van der Waals surface area contributed by atoms with Gasteiger partial charge in [-0.3, -0.25) is 4.79 Å². The minimum atomic E-state index is -0.0731. The second kappa shape index (κ2) is 6.55. The van der Waals surface area contributed by atoms with Gasteiger partial charge < -0.3 is 10.6 Å². The number of nitrogens with one attached hydrogen (secondary N) is 2. The average Bonchev–Trinajstić information content (AvgIpc) is 2.57. The molecule has 2 unspecified atom stereocenters. The van der Waals surface area contributed by atoms with E-state index in [0.29, 0.717) is 17.4 Å². The molecule has 1 rings (SSSR count). The molecule has 0 aromatic carbocycles. The van der Waals surface area contributed by atoms with Gasteiger partial charge in [-0.15, -0.1) is 0 Å². The lowest BCUT2D eigenvalue weighted by atomic mass is 9.92. The molecular weight excluding hydrogens is 224 g/mol. The quantitative estimate of drug-likeness (QED) is 0.765. The van der Waals surface area contributed by atoms with Crippen molar-refractivity contribution in [1.29, 1.82) is 0 Å². The molecule has 1 aliphatic carbocycles. The maximum atomic E-state index is 11.9. The fourth-order valence-corrected chi connectivity index (χ4v) is 2.64. The summed E-state index contributed by atoms with van der Waals surface area (Å²) in [5, 5.41) is 6.47. The van der Waals surface area contributed by atoms with E-state index in [2.05, 4.69) is 38.3 Å². The van der Waals surface area contributed by atoms with Crippen molar-refractivity contribution in [3.63, 3.8) is 0 Å². The van der Waals surface area contributed by atoms with E-state index in [1.165, 1.54) is 19.3 Å². The fraction of sp³-hybridized carbons (Fsp3) is 0.933. The monoisotopic (exact) mass is 254 g/mol. The Labute approximate surface area is 112 Å². The topological polar surface area (TPSA) is 41.1 Å². The lowest BCUT2D eigenvalue weighted by Gasteiger charge is -2.21. The molecule has 0 bridgehead atoms. The molecule has 0 saturated heterocycles. The molecule has 3 nitrogen and oxygen atoms in total. The maximum absolute atomic E-state index is 11.9. The predicted molar refractivity (Wildman–Crippen MR) is 76.5 cm³/mol. The molecular formula is C15H30N2O. The smallest absolute Gasteiger partial charge is 0.236 e. The Morgan fingerprint density at radius 2 is 2.00 bits per heavy atom. The number of carbonyl (C=O) groups excluding carboxylic acids is 1. The van der Waals surface area contributed by atoms with Crippen LogP contribution >= 0.6 is 0 Å². The van der Waals surface area contributed by atoms with E-state index in [4.69, 9.17) is 0 Å². The number of hydrogen-bond acceptors (Lipinski definition) is 2. The van der Waals surface area contributed by atoms with Crippen molar-refractivity contribution in [2.45, 2.75) is 72.4 Å². The van der Waals surface area contributed by atoms with Crippen LogP contribution in [0.15, 0.2) is 0 Å². The number of rotatable bonds is 6. The van der Waals surface area contributed by atoms with E-state index < -0.39 is 0 Å². The number of amides is 1. The Hall–Kier alpha value is -0.570. The molecule has 3 heteroatoms. The maximum Gasteiger partial charge on any atom is 0.236 e. The predicted octanol–water partition coefficient (Wildman–Crippen LogP) is 2.71. The SMILES string of the molecule is CC(C)CCNC(=O)C(C)NC1CCC(C)(C)C1. The highest BCUT2D eigenvalue weighted by Gasteiger charge is 2.32. The van der Waals surface area contributed by atoms with E-state index in [9.17, 15) is 4.79 Å². The van der Waals surface area contributed by atoms with Gasteiger partial charge in [-0.1, -0.05) is 27.7 Å². The van der Waals surface area contributed by atoms with Crippen LogP contribution in [0.3, 0.4) is 0 Å². The summed E-state index contributed by atoms with van der Waals surface area (Å²) in [5.41, 5.74) is 0.436. The molecule has 0 aromatic heterocycles. The van der Waals surface area contributed by atoms with Crippen LogP contribution in [0, 0.1) is 11.3 Å². The van der Waals surface area contributed by atoms with E-state index in [1.54, 1.807) is 0 Å². The molecule has 0 aromatic rings. The highest BCUT2D eigenvalue weighted by atomic mass is 16.2. The molecule has 0 heterocycles. The van der Waals surface area contributed by atoms with Gasteiger partial charge in [0.25, 0.3) is 0 Å². The first-order valence-corrected chi connectivity index (χ1v) is 7.34. The molecule has 0 aliphatic heterocycles. The summed E-state index contributed by atoms with van der Waals surface area (Å²) in [6, 6.07) is 0.432. The van der Waals surface area contributed by atoms with E-state index in [0.717, 1.165) is 13.0 Å². The van der Waals surface area contributed by atoms with E-state index >= 15 is 0 Å². The molecule has 1 saturated carbocycles. The third kappa shape index (κ3) is 5.38. The molecule has 0 spiro atoms. The van der Waals surface area contributed by atoms with Crippen molar-refractivity contribution in [1.82, 2.24) is 10.6 Å². The van der Waals surface area contributed by atoms with Gasteiger partial charge in [-0.25, -0.2) is 0 Å². The fourth-order valence-electron chi connectivity index (χ4n) is 2.64. The van der Waals surface area contributed by atoms with Crippen LogP contribution < -0.4 is 10.6 Å². The molecule has 1 fully saturated rings. The van der Waals surface area contributed by atoms with Gasteiger partial charge in [-0.2, -0.15) is 0 Å². The highest BCUT2D eigenvalue weighted by Crippen LogP contribution is 2.36. The molecule has 1 amide bonds. The minimum Gasteiger partial charge on any atom is -0.355 e. The molecule has 106 valence electrons. The van der Waals surface area contributed by atoms with Crippen molar-refractivity contribution < 1.29 is 4.79 Å². The largest absolute Gasteiger partial charge is 0.355 e. The Bertz CT molecular complexity index is 274. The summed E-state index contributed by atoms with van der Waals surface area (Å²) in [4.78, 5) is 11.9. The minimum absolute atomic E-state index is 0.0731. The normalized spacial score (nSPS) is 24.2. The van der Waals surface area contributed by atoms with E-state index in [-0.39, 0.29) is 11.9 Å². The lowest BCUT2D eigenvalue weighted by Crippen LogP contribution is -2.46. The van der Waals surface area contributed by atoms with Crippen molar-refractivity contribution in [3.05, 3.63) is 0 Å². The van der Waals surface area contributed by atoms with Crippen LogP contribution in [0.25, 0.3) is 0 Å². The average molecular weight is 254 g/mol. The van der Waals surface area contributed by atoms with Crippen LogP contribution in [0.4, 0.5) is 0 Å². The Balaban J connectivity index is 2.24. The second-order valence-electron chi connectivity index (χ2n) is 6.97. The van der Waals surface area contributed by atoms with Crippen molar-refractivity contribution in [3.8, 4) is 0 Å². The molecule has 0 radical (unpaired) electrons. The van der Waals surface area contributed by atoms with Crippen LogP contribution in [-0.2, 0) is 4.79 Å². The van der Waals surface area contributed by atoms with Crippen LogP contribution in [0.5, 0.6) is 0 Å². The molecule has 1 aliphatic rings. The number of carbonyl (C=O) groups is 1. The van der Waals surface area contributed by atoms with Gasteiger partial charge >= 0.3 is 0 Å². The third-order valence-corrected chi connectivity index (χ3v) is 3.87. The van der Waals surface area contributed by atoms with Crippen molar-refractivity contribution in [2.75, 3.05) is 6.54 Å². The van der Waals surface area contributed by atoms with Gasteiger partial charge in [0.05, 0.1) is 6.04 Å². The van der Waals surface area contributed by atoms with Crippen LogP contribution in [0.1, 0.15) is 60.3 Å². The summed E-state index contributed by atoms with van der Waals surface area (Å²) in [7, 11) is 0. The first kappa shape index (κ1) is 15.5. The summed E-state index contributed by atoms with van der Waals surface area (Å²) >= 11 is 0. The summed E-state index contributed by atoms with van der Waals surface area (Å²) in [5.74, 6) is 0.782. The standard InChI is InChI=1S/C15H30N2O/c1-11(2)7-9-16-14(18)12(3)17-13-6-8-15(4,5)10-13/h11-13,17H,6-10H2,1-5H3,(H,16,18). The van der Waals surface area contributed by atoms with Gasteiger partial charge in [0.15, 0.2) is 0 Å². The van der Waals surface area contributed by atoms with Gasteiger partial charge in [0, 0.05) is 12.6 Å². The summed E-state index contributed by atoms with van der Waals surface area (Å²) in [6.07, 6.45) is 4.68. The summed E-state index contributed by atoms with van der Waals surface area (Å²) < 4.78 is 0. The summed E-state index contributed by atoms with van der Waals surface area (Å²) in [6.45, 7) is 11.7. The van der Waals surface area contributed by atoms with Crippen LogP contribution in [-0.4, -0.2) is 24.5 Å². The number of hydrogen-bond donors (Lipinski definition) is 2. The van der Waals surface area contributed by atoms with Gasteiger partial charge in [0.2, 0.25) is 5.91 Å². The zero-order valence-corrected chi connectivity index (χ0v) is 12.7. The Morgan fingerprint density at radius 3 is 2.50 bits per heavy atom. The van der Waals surface area contributed by atoms with Crippen molar-refractivity contribution >= 4 is 5.91 Å². The zero-order chi connectivity index (χ0) is 13.8. The first-order valence-electron chi connectivity index (χ1n) is 7.34. The van der Waals surface area contributed by atoms with Crippen molar-refractivity contribution in [2.24, 2.45) is 11.3 Å². The molecule has 18 heavy (non-hydrogen) atoms. The molecule has 2 N–H and O–H groups in total. The Morgan fingerprint density at radius 1 is 1.33 bits per heavy atom. The van der Waals surface area contributed by atoms with E-state index in [1.807, 2.05) is 6.92 Å². The van der Waals surface area contributed by atoms with Crippen LogP contribution in [0.2, 0.25) is 0 Å². The van der Waals surface area contributed by atoms with Gasteiger partial charge in [0.1, 0.15) is 0 Å². The highest BCUT2D eigenvalue weighted by molar-refractivity contribution is 5.81. The van der Waals surface area contributed by atoms with Gasteiger partial charge in [-0.05, 0) is 43.9 Å². The second-order valence-corrected chi connectivity index (χ2v) is 6.97. The lowest BCUT2D eigenvalue weighted by molar-refractivity contribution is -0.123. The Kier molecular flexibility index (Phi) is 5.64. The zero-order valence-electron chi connectivity index (χ0n) is 12.7. The molecule has 2 atom stereocenters. The first-order chi connectivity index (χ1) is 8.30.